The Morgan fingerprint density at radius 1 is 0.962 bits per heavy atom. The molecular weight excluding hydrogens is 355 g/mol. The third-order valence-corrected chi connectivity index (χ3v) is 4.59. The first-order valence-electron chi connectivity index (χ1n) is 7.97. The fourth-order valence-corrected chi connectivity index (χ4v) is 3.15. The van der Waals surface area contributed by atoms with E-state index in [1.165, 1.54) is 23.5 Å². The molecule has 3 aromatic rings. The Morgan fingerprint density at radius 2 is 1.73 bits per heavy atom. The van der Waals surface area contributed by atoms with Crippen molar-refractivity contribution in [2.45, 2.75) is 13.1 Å². The molecule has 3 amide bonds. The summed E-state index contributed by atoms with van der Waals surface area (Å²) in [5, 5.41) is 8.60. The molecule has 3 rings (SSSR count). The summed E-state index contributed by atoms with van der Waals surface area (Å²) >= 11 is 1.52. The largest absolute Gasteiger partial charge is 0.348 e. The quantitative estimate of drug-likeness (QED) is 0.622. The number of hydrogen-bond donors (Lipinski definition) is 3. The van der Waals surface area contributed by atoms with Crippen molar-refractivity contribution in [3.8, 4) is 0 Å². The lowest BCUT2D eigenvalue weighted by atomic mass is 10.2. The third kappa shape index (κ3) is 5.00. The Kier molecular flexibility index (Phi) is 5.75. The molecule has 6 nitrogen and oxygen atoms in total. The maximum atomic E-state index is 12.8. The summed E-state index contributed by atoms with van der Waals surface area (Å²) in [4.78, 5) is 27.9. The SMILES string of the molecule is O=C(CNC(=O)NCc1ccc(F)cc1)NCc1nc2ccccc2s1. The number of thiazole rings is 1. The number of benzene rings is 2. The molecule has 3 N–H and O–H groups in total. The van der Waals surface area contributed by atoms with Crippen LogP contribution in [0.4, 0.5) is 9.18 Å². The van der Waals surface area contributed by atoms with Crippen molar-refractivity contribution in [1.29, 1.82) is 0 Å². The highest BCUT2D eigenvalue weighted by atomic mass is 32.1. The minimum absolute atomic E-state index is 0.139. The number of hydrogen-bond acceptors (Lipinski definition) is 4. The van der Waals surface area contributed by atoms with Crippen LogP contribution in [-0.2, 0) is 17.9 Å². The van der Waals surface area contributed by atoms with Gasteiger partial charge in [-0.1, -0.05) is 24.3 Å². The molecule has 0 bridgehead atoms. The summed E-state index contributed by atoms with van der Waals surface area (Å²) in [6, 6.07) is 13.1. The van der Waals surface area contributed by atoms with E-state index < -0.39 is 6.03 Å². The summed E-state index contributed by atoms with van der Waals surface area (Å²) in [6.07, 6.45) is 0. The smallest absolute Gasteiger partial charge is 0.315 e. The van der Waals surface area contributed by atoms with Crippen LogP contribution in [0.25, 0.3) is 10.2 Å². The van der Waals surface area contributed by atoms with Gasteiger partial charge in [0.15, 0.2) is 0 Å². The van der Waals surface area contributed by atoms with Gasteiger partial charge >= 0.3 is 6.03 Å². The normalized spacial score (nSPS) is 10.5. The van der Waals surface area contributed by atoms with E-state index in [2.05, 4.69) is 20.9 Å². The molecule has 0 spiro atoms. The van der Waals surface area contributed by atoms with Crippen molar-refractivity contribution >= 4 is 33.5 Å². The van der Waals surface area contributed by atoms with Gasteiger partial charge in [0.05, 0.1) is 23.3 Å². The standard InChI is InChI=1S/C18H17FN4O2S/c19-13-7-5-12(6-8-13)9-21-18(25)22-10-16(24)20-11-17-23-14-3-1-2-4-15(14)26-17/h1-8H,9-11H2,(H,20,24)(H2,21,22,25). The lowest BCUT2D eigenvalue weighted by Crippen LogP contribution is -2.41. The zero-order chi connectivity index (χ0) is 18.4. The van der Waals surface area contributed by atoms with Gasteiger partial charge in [-0.05, 0) is 29.8 Å². The van der Waals surface area contributed by atoms with Gasteiger partial charge in [-0.15, -0.1) is 11.3 Å². The topological polar surface area (TPSA) is 83.1 Å². The van der Waals surface area contributed by atoms with E-state index in [4.69, 9.17) is 0 Å². The predicted octanol–water partition coefficient (Wildman–Crippen LogP) is 2.55. The molecule has 0 saturated carbocycles. The zero-order valence-electron chi connectivity index (χ0n) is 13.8. The summed E-state index contributed by atoms with van der Waals surface area (Å²) in [5.41, 5.74) is 1.67. The van der Waals surface area contributed by atoms with Crippen LogP contribution in [0.15, 0.2) is 48.5 Å². The number of para-hydroxylation sites is 1. The van der Waals surface area contributed by atoms with E-state index in [-0.39, 0.29) is 24.8 Å². The number of aromatic nitrogens is 1. The van der Waals surface area contributed by atoms with Gasteiger partial charge in [0.2, 0.25) is 5.91 Å². The average Bonchev–Trinajstić information content (AvgIpc) is 3.07. The molecule has 1 heterocycles. The van der Waals surface area contributed by atoms with Crippen molar-refractivity contribution < 1.29 is 14.0 Å². The van der Waals surface area contributed by atoms with Crippen molar-refractivity contribution in [1.82, 2.24) is 20.9 Å². The lowest BCUT2D eigenvalue weighted by Gasteiger charge is -2.08. The van der Waals surface area contributed by atoms with E-state index in [0.717, 1.165) is 20.8 Å². The average molecular weight is 372 g/mol. The highest BCUT2D eigenvalue weighted by Gasteiger charge is 2.07. The Hall–Kier alpha value is -3.00. The Bertz CT molecular complexity index is 878. The minimum atomic E-state index is -0.468. The van der Waals surface area contributed by atoms with Crippen molar-refractivity contribution in [3.05, 3.63) is 64.9 Å². The Morgan fingerprint density at radius 3 is 2.50 bits per heavy atom. The van der Waals surface area contributed by atoms with E-state index >= 15 is 0 Å². The van der Waals surface area contributed by atoms with E-state index in [0.29, 0.717) is 6.54 Å². The molecule has 0 unspecified atom stereocenters. The molecule has 0 aliphatic heterocycles. The van der Waals surface area contributed by atoms with Gasteiger partial charge < -0.3 is 16.0 Å². The number of nitrogens with zero attached hydrogens (tertiary/aromatic N) is 1. The first kappa shape index (κ1) is 17.8. The van der Waals surface area contributed by atoms with E-state index in [1.54, 1.807) is 12.1 Å². The number of carbonyl (C=O) groups excluding carboxylic acids is 2. The summed E-state index contributed by atoms with van der Waals surface area (Å²) in [5.74, 6) is -0.635. The molecule has 0 saturated heterocycles. The molecule has 2 aromatic carbocycles. The number of nitrogens with one attached hydrogen (secondary N) is 3. The fourth-order valence-electron chi connectivity index (χ4n) is 2.24. The molecule has 0 aliphatic carbocycles. The van der Waals surface area contributed by atoms with Crippen molar-refractivity contribution in [3.63, 3.8) is 0 Å². The molecule has 0 fully saturated rings. The predicted molar refractivity (Wildman–Crippen MR) is 98.1 cm³/mol. The molecule has 0 radical (unpaired) electrons. The van der Waals surface area contributed by atoms with Gasteiger partial charge in [0.25, 0.3) is 0 Å². The van der Waals surface area contributed by atoms with Crippen molar-refractivity contribution in [2.75, 3.05) is 6.54 Å². The van der Waals surface area contributed by atoms with Crippen molar-refractivity contribution in [2.24, 2.45) is 0 Å². The molecule has 0 atom stereocenters. The highest BCUT2D eigenvalue weighted by Crippen LogP contribution is 2.21. The second-order valence-electron chi connectivity index (χ2n) is 5.51. The maximum Gasteiger partial charge on any atom is 0.315 e. The number of carbonyl (C=O) groups is 2. The van der Waals surface area contributed by atoms with E-state index in [1.807, 2.05) is 24.3 Å². The number of urea groups is 1. The van der Waals surface area contributed by atoms with Crippen LogP contribution < -0.4 is 16.0 Å². The summed E-state index contributed by atoms with van der Waals surface area (Å²) < 4.78 is 13.9. The molecule has 26 heavy (non-hydrogen) atoms. The first-order chi connectivity index (χ1) is 12.6. The Balaban J connectivity index is 1.37. The second kappa shape index (κ2) is 8.39. The van der Waals surface area contributed by atoms with Crippen LogP contribution in [-0.4, -0.2) is 23.5 Å². The number of amides is 3. The van der Waals surface area contributed by atoms with E-state index in [9.17, 15) is 14.0 Å². The molecule has 1 aromatic heterocycles. The third-order valence-electron chi connectivity index (χ3n) is 3.55. The first-order valence-corrected chi connectivity index (χ1v) is 8.79. The summed E-state index contributed by atoms with van der Waals surface area (Å²) in [7, 11) is 0. The number of halogens is 1. The summed E-state index contributed by atoms with van der Waals surface area (Å²) in [6.45, 7) is 0.427. The molecule has 8 heteroatoms. The van der Waals surface area contributed by atoms with Gasteiger partial charge in [0, 0.05) is 6.54 Å². The highest BCUT2D eigenvalue weighted by molar-refractivity contribution is 7.18. The van der Waals surface area contributed by atoms with Gasteiger partial charge in [0.1, 0.15) is 10.8 Å². The van der Waals surface area contributed by atoms with Crippen LogP contribution in [0.3, 0.4) is 0 Å². The second-order valence-corrected chi connectivity index (χ2v) is 6.63. The molecule has 0 aliphatic rings. The maximum absolute atomic E-state index is 12.8. The lowest BCUT2D eigenvalue weighted by molar-refractivity contribution is -0.120. The van der Waals surface area contributed by atoms with Gasteiger partial charge in [-0.2, -0.15) is 0 Å². The van der Waals surface area contributed by atoms with Gasteiger partial charge in [-0.3, -0.25) is 4.79 Å². The monoisotopic (exact) mass is 372 g/mol. The number of fused-ring (bicyclic) bond motifs is 1. The fraction of sp³-hybridized carbons (Fsp3) is 0.167. The molecular formula is C18H17FN4O2S. The van der Waals surface area contributed by atoms with Crippen LogP contribution in [0, 0.1) is 5.82 Å². The van der Waals surface area contributed by atoms with Crippen LogP contribution in [0.5, 0.6) is 0 Å². The van der Waals surface area contributed by atoms with Crippen LogP contribution >= 0.6 is 11.3 Å². The number of rotatable bonds is 6. The van der Waals surface area contributed by atoms with Crippen LogP contribution in [0.1, 0.15) is 10.6 Å². The molecule has 134 valence electrons. The van der Waals surface area contributed by atoms with Gasteiger partial charge in [-0.25, -0.2) is 14.2 Å². The Labute approximate surface area is 153 Å². The minimum Gasteiger partial charge on any atom is -0.348 e. The van der Waals surface area contributed by atoms with Crippen LogP contribution in [0.2, 0.25) is 0 Å². The zero-order valence-corrected chi connectivity index (χ0v) is 14.6.